The molecule has 5 heteroatoms. The predicted molar refractivity (Wildman–Crippen MR) is 196 cm³/mol. The lowest BCUT2D eigenvalue weighted by Gasteiger charge is -2.46. The third-order valence-electron chi connectivity index (χ3n) is 8.80. The molecule has 0 spiro atoms. The number of hydrogen-bond donors (Lipinski definition) is 2. The minimum atomic E-state index is -1.59. The Morgan fingerprint density at radius 3 is 1.15 bits per heavy atom. The lowest BCUT2D eigenvalue weighted by Crippen LogP contribution is -2.44. The summed E-state index contributed by atoms with van der Waals surface area (Å²) in [5, 5.41) is 26.0. The fraction of sp³-hybridized carbons (Fsp3) is 0.268. The molecule has 0 heterocycles. The molecule has 1 aliphatic carbocycles. The predicted octanol–water partition coefficient (Wildman–Crippen LogP) is 11.2. The second-order valence-electron chi connectivity index (χ2n) is 12.0. The summed E-state index contributed by atoms with van der Waals surface area (Å²) in [6.45, 7) is 6.49. The summed E-state index contributed by atoms with van der Waals surface area (Å²) in [5.74, 6) is 0. The highest BCUT2D eigenvalue weighted by Crippen LogP contribution is 2.56. The van der Waals surface area contributed by atoms with E-state index in [0.29, 0.717) is 43.4 Å². The number of hydrogen-bond acceptors (Lipinski definition) is 2. The highest BCUT2D eigenvalue weighted by atomic mass is 79.9. The first-order chi connectivity index (χ1) is 22.2. The van der Waals surface area contributed by atoms with Gasteiger partial charge in [0.1, 0.15) is 11.2 Å². The molecule has 2 unspecified atom stereocenters. The van der Waals surface area contributed by atoms with Gasteiger partial charge in [-0.1, -0.05) is 164 Å². The van der Waals surface area contributed by atoms with E-state index in [4.69, 9.17) is 23.2 Å². The molecule has 0 saturated heterocycles. The van der Waals surface area contributed by atoms with Crippen molar-refractivity contribution in [2.45, 2.75) is 70.5 Å². The summed E-state index contributed by atoms with van der Waals surface area (Å²) in [6.07, 6.45) is 6.43. The van der Waals surface area contributed by atoms with Gasteiger partial charge in [-0.2, -0.15) is 0 Å². The molecule has 2 nitrogen and oxygen atoms in total. The number of aryl methyl sites for hydroxylation is 3. The van der Waals surface area contributed by atoms with Crippen molar-refractivity contribution in [2.75, 3.05) is 0 Å². The van der Waals surface area contributed by atoms with Crippen LogP contribution < -0.4 is 0 Å². The standard InChI is InChI=1S/C32H30Cl2O2.C9H11Br/c1-3-7-21-13-17-23(18-14-21)31(35)25-9-5-12-28(34)30(25)32(36,26-10-6-11-27(33)29(26)31)24-19-15-22(8-4-2)16-20-24;1-2-3-8-4-6-9(10)7-5-8/h5-6,9-20,35-36H,3-4,7-8H2,1-2H3;4-7H,2-3H2,1H3. The van der Waals surface area contributed by atoms with Gasteiger partial charge in [0.2, 0.25) is 0 Å². The molecule has 2 N–H and O–H groups in total. The smallest absolute Gasteiger partial charge is 0.142 e. The Hall–Kier alpha value is -2.92. The van der Waals surface area contributed by atoms with Gasteiger partial charge < -0.3 is 10.2 Å². The van der Waals surface area contributed by atoms with Crippen LogP contribution in [0.25, 0.3) is 0 Å². The minimum Gasteiger partial charge on any atom is -0.376 e. The maximum Gasteiger partial charge on any atom is 0.142 e. The second-order valence-corrected chi connectivity index (χ2v) is 13.7. The van der Waals surface area contributed by atoms with Gasteiger partial charge >= 0.3 is 0 Å². The van der Waals surface area contributed by atoms with Crippen LogP contribution in [0.4, 0.5) is 0 Å². The van der Waals surface area contributed by atoms with Crippen molar-refractivity contribution in [3.63, 3.8) is 0 Å². The summed E-state index contributed by atoms with van der Waals surface area (Å²) < 4.78 is 1.16. The van der Waals surface area contributed by atoms with Crippen molar-refractivity contribution < 1.29 is 10.2 Å². The topological polar surface area (TPSA) is 40.5 Å². The molecule has 0 fully saturated rings. The zero-order valence-electron chi connectivity index (χ0n) is 26.7. The van der Waals surface area contributed by atoms with Crippen molar-refractivity contribution in [3.05, 3.63) is 174 Å². The number of benzene rings is 5. The Morgan fingerprint density at radius 1 is 0.500 bits per heavy atom. The van der Waals surface area contributed by atoms with E-state index in [2.05, 4.69) is 61.0 Å². The number of halogens is 3. The zero-order valence-corrected chi connectivity index (χ0v) is 29.8. The Morgan fingerprint density at radius 2 is 0.826 bits per heavy atom. The molecule has 0 saturated carbocycles. The summed E-state index contributed by atoms with van der Waals surface area (Å²) >= 11 is 17.1. The molecular weight excluding hydrogens is 675 g/mol. The van der Waals surface area contributed by atoms with Crippen LogP contribution in [0.3, 0.4) is 0 Å². The van der Waals surface area contributed by atoms with Crippen molar-refractivity contribution in [2.24, 2.45) is 0 Å². The largest absolute Gasteiger partial charge is 0.376 e. The average Bonchev–Trinajstić information content (AvgIpc) is 3.06. The first kappa shape index (κ1) is 34.4. The Labute approximate surface area is 292 Å². The average molecular weight is 717 g/mol. The SMILES string of the molecule is CCCc1ccc(Br)cc1.CCCc1ccc(C2(O)c3cccc(Cl)c3C(O)(c3ccc(CCC)cc3)c3cccc(Cl)c32)cc1. The lowest BCUT2D eigenvalue weighted by molar-refractivity contribution is 0.0749. The number of aliphatic hydroxyl groups is 2. The van der Waals surface area contributed by atoms with Gasteiger partial charge in [0, 0.05) is 36.8 Å². The third-order valence-corrected chi connectivity index (χ3v) is 9.96. The van der Waals surface area contributed by atoms with Gasteiger partial charge in [-0.15, -0.1) is 0 Å². The Bertz CT molecular complexity index is 1660. The Kier molecular flexibility index (Phi) is 11.1. The maximum absolute atomic E-state index is 12.6. The van der Waals surface area contributed by atoms with Crippen LogP contribution in [-0.2, 0) is 30.5 Å². The normalized spacial score (nSPS) is 18.3. The summed E-state index contributed by atoms with van der Waals surface area (Å²) in [7, 11) is 0. The monoisotopic (exact) mass is 714 g/mol. The molecule has 0 radical (unpaired) electrons. The highest BCUT2D eigenvalue weighted by molar-refractivity contribution is 9.10. The van der Waals surface area contributed by atoms with Gasteiger partial charge in [-0.3, -0.25) is 0 Å². The minimum absolute atomic E-state index is 0.388. The molecular formula is C41H41BrCl2O2. The number of rotatable bonds is 8. The van der Waals surface area contributed by atoms with Crippen LogP contribution >= 0.6 is 39.1 Å². The van der Waals surface area contributed by atoms with Crippen LogP contribution in [0.5, 0.6) is 0 Å². The van der Waals surface area contributed by atoms with Gasteiger partial charge in [0.25, 0.3) is 0 Å². The fourth-order valence-electron chi connectivity index (χ4n) is 6.60. The molecule has 238 valence electrons. The van der Waals surface area contributed by atoms with Crippen molar-refractivity contribution >= 4 is 39.1 Å². The molecule has 5 aromatic rings. The van der Waals surface area contributed by atoms with Crippen LogP contribution in [0.15, 0.2) is 114 Å². The van der Waals surface area contributed by atoms with E-state index in [1.807, 2.05) is 72.8 Å². The van der Waals surface area contributed by atoms with E-state index in [1.165, 1.54) is 29.5 Å². The molecule has 1 aliphatic rings. The molecule has 0 amide bonds. The van der Waals surface area contributed by atoms with Crippen molar-refractivity contribution in [1.29, 1.82) is 0 Å². The molecule has 0 bridgehead atoms. The highest BCUT2D eigenvalue weighted by Gasteiger charge is 2.52. The number of fused-ring (bicyclic) bond motifs is 2. The van der Waals surface area contributed by atoms with Crippen molar-refractivity contribution in [1.82, 2.24) is 0 Å². The van der Waals surface area contributed by atoms with Crippen LogP contribution in [0.1, 0.15) is 90.1 Å². The van der Waals surface area contributed by atoms with Gasteiger partial charge in [0.15, 0.2) is 0 Å². The van der Waals surface area contributed by atoms with E-state index >= 15 is 0 Å². The molecule has 6 rings (SSSR count). The second kappa shape index (κ2) is 14.9. The molecule has 2 atom stereocenters. The third kappa shape index (κ3) is 6.59. The first-order valence-corrected chi connectivity index (χ1v) is 17.7. The summed E-state index contributed by atoms with van der Waals surface area (Å²) in [4.78, 5) is 0. The quantitative estimate of drug-likeness (QED) is 0.168. The molecule has 0 aromatic heterocycles. The van der Waals surface area contributed by atoms with Crippen LogP contribution in [0, 0.1) is 0 Å². The molecule has 5 aromatic carbocycles. The zero-order chi connectivity index (χ0) is 32.9. The van der Waals surface area contributed by atoms with E-state index in [9.17, 15) is 10.2 Å². The summed E-state index contributed by atoms with van der Waals surface area (Å²) in [6, 6.07) is 35.3. The van der Waals surface area contributed by atoms with Crippen LogP contribution in [-0.4, -0.2) is 10.2 Å². The van der Waals surface area contributed by atoms with Gasteiger partial charge in [-0.25, -0.2) is 0 Å². The van der Waals surface area contributed by atoms with Gasteiger partial charge in [-0.05, 0) is 71.3 Å². The van der Waals surface area contributed by atoms with E-state index < -0.39 is 11.2 Å². The fourth-order valence-corrected chi connectivity index (χ4v) is 7.48. The Balaban J connectivity index is 0.000000356. The molecule has 46 heavy (non-hydrogen) atoms. The summed E-state index contributed by atoms with van der Waals surface area (Å²) in [5.41, 5.74) is 4.02. The van der Waals surface area contributed by atoms with Crippen LogP contribution in [0.2, 0.25) is 10.0 Å². The van der Waals surface area contributed by atoms with E-state index in [1.54, 1.807) is 12.1 Å². The van der Waals surface area contributed by atoms with Crippen molar-refractivity contribution in [3.8, 4) is 0 Å². The van der Waals surface area contributed by atoms with E-state index in [0.717, 1.165) is 30.2 Å². The maximum atomic E-state index is 12.6. The van der Waals surface area contributed by atoms with Gasteiger partial charge in [0.05, 0.1) is 0 Å². The van der Waals surface area contributed by atoms with E-state index in [-0.39, 0.29) is 0 Å². The lowest BCUT2D eigenvalue weighted by atomic mass is 9.63. The first-order valence-electron chi connectivity index (χ1n) is 16.1. The molecule has 0 aliphatic heterocycles.